The lowest BCUT2D eigenvalue weighted by molar-refractivity contribution is -0.115. The molecule has 1 amide bonds. The van der Waals surface area contributed by atoms with Crippen molar-refractivity contribution >= 4 is 49.7 Å². The summed E-state index contributed by atoms with van der Waals surface area (Å²) >= 11 is 7.16. The van der Waals surface area contributed by atoms with Gasteiger partial charge in [-0.2, -0.15) is 0 Å². The number of methoxy groups -OCH3 is 1. The Balaban J connectivity index is 1.65. The van der Waals surface area contributed by atoms with E-state index in [0.717, 1.165) is 16.9 Å². The van der Waals surface area contributed by atoms with Crippen molar-refractivity contribution in [3.05, 3.63) is 64.1 Å². The molecule has 0 spiro atoms. The smallest absolute Gasteiger partial charge is 0.263 e. The number of carbonyl (C=O) groups is 1. The molecule has 0 fully saturated rings. The monoisotopic (exact) mass is 451 g/mol. The van der Waals surface area contributed by atoms with Crippen LogP contribution >= 0.6 is 22.9 Å². The maximum Gasteiger partial charge on any atom is 0.263 e. The predicted octanol–water partition coefficient (Wildman–Crippen LogP) is 4.10. The van der Waals surface area contributed by atoms with Crippen LogP contribution in [0.1, 0.15) is 11.3 Å². The number of ether oxygens (including phenoxy) is 1. The molecule has 0 aliphatic heterocycles. The summed E-state index contributed by atoms with van der Waals surface area (Å²) in [6.07, 6.45) is 0.00666. The highest BCUT2D eigenvalue weighted by Crippen LogP contribution is 2.24. The summed E-state index contributed by atoms with van der Waals surface area (Å²) < 4.78 is 32.4. The van der Waals surface area contributed by atoms with Gasteiger partial charge < -0.3 is 10.1 Å². The lowest BCUT2D eigenvalue weighted by Crippen LogP contribution is -2.16. The summed E-state index contributed by atoms with van der Waals surface area (Å²) in [5.74, 6) is 0.284. The molecule has 7 nitrogen and oxygen atoms in total. The van der Waals surface area contributed by atoms with Crippen molar-refractivity contribution in [2.45, 2.75) is 18.2 Å². The van der Waals surface area contributed by atoms with Crippen LogP contribution in [0.2, 0.25) is 5.02 Å². The number of anilines is 2. The standard InChI is InChI=1S/C19H18ClN3O4S2/c1-12-16(20)4-3-5-17(12)22-18(24)10-13-11-28-19(21-13)23-29(25,26)15-8-6-14(27-2)7-9-15/h3-9,11H,10H2,1-2H3,(H,21,23)(H,22,24). The molecule has 0 aliphatic carbocycles. The van der Waals surface area contributed by atoms with Crippen LogP contribution in [-0.4, -0.2) is 26.4 Å². The van der Waals surface area contributed by atoms with Crippen LogP contribution in [0.15, 0.2) is 52.7 Å². The van der Waals surface area contributed by atoms with E-state index in [4.69, 9.17) is 16.3 Å². The number of carbonyl (C=O) groups excluding carboxylic acids is 1. The fourth-order valence-electron chi connectivity index (χ4n) is 2.47. The van der Waals surface area contributed by atoms with Gasteiger partial charge in [0, 0.05) is 16.1 Å². The number of aromatic nitrogens is 1. The highest BCUT2D eigenvalue weighted by atomic mass is 35.5. The molecule has 0 unspecified atom stereocenters. The Morgan fingerprint density at radius 2 is 1.93 bits per heavy atom. The Bertz CT molecular complexity index is 1130. The maximum atomic E-state index is 12.5. The molecule has 0 bridgehead atoms. The number of rotatable bonds is 7. The normalized spacial score (nSPS) is 11.1. The number of halogens is 1. The third kappa shape index (κ3) is 5.26. The van der Waals surface area contributed by atoms with E-state index in [1.54, 1.807) is 35.7 Å². The molecule has 1 aromatic heterocycles. The molecule has 152 valence electrons. The van der Waals surface area contributed by atoms with Crippen molar-refractivity contribution in [2.75, 3.05) is 17.1 Å². The molecule has 2 N–H and O–H groups in total. The molecule has 29 heavy (non-hydrogen) atoms. The summed E-state index contributed by atoms with van der Waals surface area (Å²) in [6.45, 7) is 1.81. The largest absolute Gasteiger partial charge is 0.497 e. The van der Waals surface area contributed by atoms with E-state index in [0.29, 0.717) is 22.2 Å². The average molecular weight is 452 g/mol. The summed E-state index contributed by atoms with van der Waals surface area (Å²) in [4.78, 5) is 16.6. The summed E-state index contributed by atoms with van der Waals surface area (Å²) in [5, 5.41) is 5.16. The molecule has 2 aromatic carbocycles. The van der Waals surface area contributed by atoms with Gasteiger partial charge in [-0.15, -0.1) is 11.3 Å². The molecule has 3 rings (SSSR count). The van der Waals surface area contributed by atoms with Crippen molar-refractivity contribution < 1.29 is 17.9 Å². The third-order valence-electron chi connectivity index (χ3n) is 4.03. The van der Waals surface area contributed by atoms with Crippen LogP contribution in [-0.2, 0) is 21.2 Å². The zero-order valence-electron chi connectivity index (χ0n) is 15.6. The Kier molecular flexibility index (Phi) is 6.41. The minimum Gasteiger partial charge on any atom is -0.497 e. The first-order valence-electron chi connectivity index (χ1n) is 8.45. The van der Waals surface area contributed by atoms with Gasteiger partial charge in [0.2, 0.25) is 5.91 Å². The van der Waals surface area contributed by atoms with E-state index < -0.39 is 10.0 Å². The van der Waals surface area contributed by atoms with Gasteiger partial charge in [-0.05, 0) is 48.9 Å². The minimum atomic E-state index is -3.79. The van der Waals surface area contributed by atoms with Crippen LogP contribution < -0.4 is 14.8 Å². The zero-order valence-corrected chi connectivity index (χ0v) is 18.0. The van der Waals surface area contributed by atoms with Crippen LogP contribution in [0, 0.1) is 6.92 Å². The van der Waals surface area contributed by atoms with E-state index in [2.05, 4.69) is 15.0 Å². The molecule has 0 radical (unpaired) electrons. The Hall–Kier alpha value is -2.62. The van der Waals surface area contributed by atoms with E-state index >= 15 is 0 Å². The molecule has 0 atom stereocenters. The number of thiazole rings is 1. The first-order chi connectivity index (χ1) is 13.8. The molecule has 3 aromatic rings. The van der Waals surface area contributed by atoms with E-state index in [9.17, 15) is 13.2 Å². The van der Waals surface area contributed by atoms with Gasteiger partial charge in [0.1, 0.15) is 5.75 Å². The fourth-order valence-corrected chi connectivity index (χ4v) is 4.60. The van der Waals surface area contributed by atoms with Crippen LogP contribution in [0.4, 0.5) is 10.8 Å². The van der Waals surface area contributed by atoms with Crippen LogP contribution in [0.25, 0.3) is 0 Å². The lowest BCUT2D eigenvalue weighted by Gasteiger charge is -2.08. The van der Waals surface area contributed by atoms with Crippen LogP contribution in [0.3, 0.4) is 0 Å². The topological polar surface area (TPSA) is 97.4 Å². The van der Waals surface area contributed by atoms with E-state index in [1.807, 2.05) is 6.92 Å². The molecule has 0 saturated heterocycles. The van der Waals surface area contributed by atoms with Crippen molar-refractivity contribution in [2.24, 2.45) is 0 Å². The van der Waals surface area contributed by atoms with Gasteiger partial charge in [-0.1, -0.05) is 17.7 Å². The Morgan fingerprint density at radius 3 is 2.62 bits per heavy atom. The number of amides is 1. The predicted molar refractivity (Wildman–Crippen MR) is 114 cm³/mol. The maximum absolute atomic E-state index is 12.5. The Labute approximate surface area is 177 Å². The molecule has 1 heterocycles. The van der Waals surface area contributed by atoms with Crippen LogP contribution in [0.5, 0.6) is 5.75 Å². The Morgan fingerprint density at radius 1 is 1.21 bits per heavy atom. The first-order valence-corrected chi connectivity index (χ1v) is 11.2. The summed E-state index contributed by atoms with van der Waals surface area (Å²) in [6, 6.07) is 11.3. The lowest BCUT2D eigenvalue weighted by atomic mass is 10.2. The van der Waals surface area contributed by atoms with Gasteiger partial charge in [-0.25, -0.2) is 13.4 Å². The molecule has 0 aliphatic rings. The van der Waals surface area contributed by atoms with Gasteiger partial charge >= 0.3 is 0 Å². The second-order valence-corrected chi connectivity index (χ2v) is 9.01. The first kappa shape index (κ1) is 21.1. The SMILES string of the molecule is COc1ccc(S(=O)(=O)Nc2nc(CC(=O)Nc3cccc(Cl)c3C)cs2)cc1. The zero-order chi connectivity index (χ0) is 21.0. The number of hydrogen-bond donors (Lipinski definition) is 2. The highest BCUT2D eigenvalue weighted by molar-refractivity contribution is 7.93. The molecule has 0 saturated carbocycles. The van der Waals surface area contributed by atoms with E-state index in [-0.39, 0.29) is 22.4 Å². The van der Waals surface area contributed by atoms with Gasteiger partial charge in [-0.3, -0.25) is 9.52 Å². The summed E-state index contributed by atoms with van der Waals surface area (Å²) in [5.41, 5.74) is 1.85. The number of benzene rings is 2. The van der Waals surface area contributed by atoms with Crippen molar-refractivity contribution in [3.8, 4) is 5.75 Å². The van der Waals surface area contributed by atoms with E-state index in [1.165, 1.54) is 19.2 Å². The second kappa shape index (κ2) is 8.81. The van der Waals surface area contributed by atoms with Crippen molar-refractivity contribution in [1.29, 1.82) is 0 Å². The van der Waals surface area contributed by atoms with Crippen molar-refractivity contribution in [1.82, 2.24) is 4.98 Å². The van der Waals surface area contributed by atoms with Gasteiger partial charge in [0.05, 0.1) is 24.1 Å². The highest BCUT2D eigenvalue weighted by Gasteiger charge is 2.17. The minimum absolute atomic E-state index is 0.00666. The molecular formula is C19H18ClN3O4S2. The number of hydrogen-bond acceptors (Lipinski definition) is 6. The molecular weight excluding hydrogens is 434 g/mol. The van der Waals surface area contributed by atoms with Gasteiger partial charge in [0.25, 0.3) is 10.0 Å². The number of nitrogens with one attached hydrogen (secondary N) is 2. The third-order valence-corrected chi connectivity index (χ3v) is 6.73. The summed E-state index contributed by atoms with van der Waals surface area (Å²) in [7, 11) is -2.28. The second-order valence-electron chi connectivity index (χ2n) is 6.06. The number of sulfonamides is 1. The quantitative estimate of drug-likeness (QED) is 0.563. The van der Waals surface area contributed by atoms with Crippen molar-refractivity contribution in [3.63, 3.8) is 0 Å². The fraction of sp³-hybridized carbons (Fsp3) is 0.158. The van der Waals surface area contributed by atoms with Gasteiger partial charge in [0.15, 0.2) is 5.13 Å². The average Bonchev–Trinajstić information content (AvgIpc) is 3.11. The number of nitrogens with zero attached hydrogens (tertiary/aromatic N) is 1. The molecule has 10 heteroatoms.